The number of nitrogens with one attached hydrogen (secondary N) is 1. The van der Waals surface area contributed by atoms with E-state index >= 15 is 0 Å². The minimum Gasteiger partial charge on any atom is -0.452 e. The summed E-state index contributed by atoms with van der Waals surface area (Å²) in [5, 5.41) is 2.49. The van der Waals surface area contributed by atoms with Gasteiger partial charge in [-0.05, 0) is 31.2 Å². The van der Waals surface area contributed by atoms with Crippen molar-refractivity contribution in [2.75, 3.05) is 11.9 Å². The minimum absolute atomic E-state index is 0.101. The molecule has 0 radical (unpaired) electrons. The molecule has 0 aliphatic rings. The number of para-hydroxylation sites is 1. The molecule has 30 heavy (non-hydrogen) atoms. The molecule has 0 aliphatic heterocycles. The number of halogens is 1. The van der Waals surface area contributed by atoms with Crippen LogP contribution in [0.3, 0.4) is 0 Å². The van der Waals surface area contributed by atoms with E-state index < -0.39 is 29.9 Å². The maximum absolute atomic E-state index is 13.5. The lowest BCUT2D eigenvalue weighted by Crippen LogP contribution is -2.25. The Morgan fingerprint density at radius 3 is 2.47 bits per heavy atom. The first kappa shape index (κ1) is 20.8. The number of rotatable bonds is 6. The molecule has 1 amide bonds. The fourth-order valence-electron chi connectivity index (χ4n) is 2.84. The number of amides is 1. The van der Waals surface area contributed by atoms with Crippen molar-refractivity contribution in [3.8, 4) is 5.69 Å². The van der Waals surface area contributed by atoms with E-state index in [1.165, 1.54) is 29.0 Å². The monoisotopic (exact) mass is 409 g/mol. The summed E-state index contributed by atoms with van der Waals surface area (Å²) in [6.45, 7) is 1.11. The Balaban J connectivity index is 1.65. The molecule has 8 heteroatoms. The summed E-state index contributed by atoms with van der Waals surface area (Å²) in [5.41, 5.74) is 1.12. The highest BCUT2D eigenvalue weighted by Gasteiger charge is 2.18. The van der Waals surface area contributed by atoms with Gasteiger partial charge >= 0.3 is 5.97 Å². The predicted molar refractivity (Wildman–Crippen MR) is 111 cm³/mol. The highest BCUT2D eigenvalue weighted by molar-refractivity contribution is 5.95. The molecular formula is C22H20FN3O4. The van der Waals surface area contributed by atoms with Gasteiger partial charge in [0.1, 0.15) is 11.5 Å². The Bertz CT molecular complexity index is 1160. The number of esters is 1. The third kappa shape index (κ3) is 4.54. The summed E-state index contributed by atoms with van der Waals surface area (Å²) < 4.78 is 21.4. The normalized spacial score (nSPS) is 10.9. The highest BCUT2D eigenvalue weighted by atomic mass is 19.1. The zero-order valence-corrected chi connectivity index (χ0v) is 16.5. The Labute approximate surface area is 172 Å². The lowest BCUT2D eigenvalue weighted by molar-refractivity contribution is -0.142. The number of carbonyl (C=O) groups is 2. The van der Waals surface area contributed by atoms with Crippen LogP contribution in [0.4, 0.5) is 10.1 Å². The summed E-state index contributed by atoms with van der Waals surface area (Å²) in [6.07, 6.45) is 2.29. The zero-order valence-electron chi connectivity index (χ0n) is 16.5. The van der Waals surface area contributed by atoms with Crippen molar-refractivity contribution in [1.82, 2.24) is 9.36 Å². The average Bonchev–Trinajstić information content (AvgIpc) is 2.95. The second-order valence-electron chi connectivity index (χ2n) is 6.45. The lowest BCUT2D eigenvalue weighted by atomic mass is 10.2. The van der Waals surface area contributed by atoms with Crippen LogP contribution in [0.25, 0.3) is 11.8 Å². The van der Waals surface area contributed by atoms with Crippen LogP contribution in [0, 0.1) is 12.7 Å². The number of hydrogen-bond donors (Lipinski definition) is 1. The van der Waals surface area contributed by atoms with E-state index in [9.17, 15) is 18.8 Å². The van der Waals surface area contributed by atoms with Gasteiger partial charge in [0.15, 0.2) is 6.61 Å². The van der Waals surface area contributed by atoms with Gasteiger partial charge in [-0.1, -0.05) is 36.4 Å². The van der Waals surface area contributed by atoms with Crippen LogP contribution >= 0.6 is 0 Å². The second-order valence-corrected chi connectivity index (χ2v) is 6.45. The van der Waals surface area contributed by atoms with Crippen molar-refractivity contribution in [3.63, 3.8) is 0 Å². The molecule has 1 heterocycles. The zero-order chi connectivity index (χ0) is 21.7. The smallest absolute Gasteiger partial charge is 0.331 e. The molecule has 0 atom stereocenters. The van der Waals surface area contributed by atoms with Crippen molar-refractivity contribution < 1.29 is 18.7 Å². The second kappa shape index (κ2) is 9.04. The SMILES string of the molecule is Cc1c(NC(=O)COC(=O)/C=C/c2ccccc2F)c(=O)n(-c2ccccc2)n1C. The topological polar surface area (TPSA) is 82.3 Å². The van der Waals surface area contributed by atoms with Gasteiger partial charge in [0.2, 0.25) is 0 Å². The number of anilines is 1. The van der Waals surface area contributed by atoms with Crippen molar-refractivity contribution in [3.05, 3.63) is 88.1 Å². The summed E-state index contributed by atoms with van der Waals surface area (Å²) in [6, 6.07) is 14.9. The van der Waals surface area contributed by atoms with Crippen molar-refractivity contribution in [2.24, 2.45) is 7.05 Å². The summed E-state index contributed by atoms with van der Waals surface area (Å²) in [4.78, 5) is 36.7. The van der Waals surface area contributed by atoms with Crippen LogP contribution in [-0.2, 0) is 21.4 Å². The molecule has 3 aromatic rings. The van der Waals surface area contributed by atoms with Gasteiger partial charge < -0.3 is 10.1 Å². The third-order valence-electron chi connectivity index (χ3n) is 4.47. The quantitative estimate of drug-likeness (QED) is 0.501. The molecule has 7 nitrogen and oxygen atoms in total. The highest BCUT2D eigenvalue weighted by Crippen LogP contribution is 2.14. The van der Waals surface area contributed by atoms with Crippen LogP contribution in [0.1, 0.15) is 11.3 Å². The fraction of sp³-hybridized carbons (Fsp3) is 0.136. The maximum atomic E-state index is 13.5. The molecule has 2 aromatic carbocycles. The first-order chi connectivity index (χ1) is 14.4. The first-order valence-electron chi connectivity index (χ1n) is 9.11. The predicted octanol–water partition coefficient (Wildman–Crippen LogP) is 2.82. The van der Waals surface area contributed by atoms with E-state index in [0.717, 1.165) is 6.08 Å². The minimum atomic E-state index is -0.806. The number of hydrogen-bond acceptors (Lipinski definition) is 4. The van der Waals surface area contributed by atoms with Crippen LogP contribution in [0.5, 0.6) is 0 Å². The Morgan fingerprint density at radius 2 is 1.77 bits per heavy atom. The van der Waals surface area contributed by atoms with E-state index in [1.54, 1.807) is 49.0 Å². The van der Waals surface area contributed by atoms with Gasteiger partial charge in [-0.2, -0.15) is 0 Å². The standard InChI is InChI=1S/C22H20FN3O4/c1-15-21(22(29)26(25(15)2)17-9-4-3-5-10-17)24-19(27)14-30-20(28)13-12-16-8-6-7-11-18(16)23/h3-13H,14H2,1-2H3,(H,24,27)/b13-12+. The molecule has 0 aliphatic carbocycles. The Hall–Kier alpha value is -3.94. The van der Waals surface area contributed by atoms with Crippen molar-refractivity contribution in [1.29, 1.82) is 0 Å². The van der Waals surface area contributed by atoms with Gasteiger partial charge in [-0.25, -0.2) is 13.9 Å². The fourth-order valence-corrected chi connectivity index (χ4v) is 2.84. The van der Waals surface area contributed by atoms with E-state index in [2.05, 4.69) is 5.32 Å². The van der Waals surface area contributed by atoms with E-state index in [4.69, 9.17) is 4.74 Å². The van der Waals surface area contributed by atoms with Gasteiger partial charge in [0, 0.05) is 18.7 Å². The third-order valence-corrected chi connectivity index (χ3v) is 4.47. The van der Waals surface area contributed by atoms with Crippen LogP contribution in [-0.4, -0.2) is 27.8 Å². The van der Waals surface area contributed by atoms with Gasteiger partial charge in [-0.15, -0.1) is 0 Å². The first-order valence-corrected chi connectivity index (χ1v) is 9.11. The summed E-state index contributed by atoms with van der Waals surface area (Å²) in [5.74, 6) is -1.94. The Morgan fingerprint density at radius 1 is 1.10 bits per heavy atom. The molecule has 0 saturated heterocycles. The molecule has 154 valence electrons. The number of aromatic nitrogens is 2. The molecule has 3 rings (SSSR count). The molecule has 0 saturated carbocycles. The molecule has 0 fully saturated rings. The molecule has 0 bridgehead atoms. The van der Waals surface area contributed by atoms with Crippen molar-refractivity contribution in [2.45, 2.75) is 6.92 Å². The number of benzene rings is 2. The molecule has 1 aromatic heterocycles. The molecular weight excluding hydrogens is 389 g/mol. The number of nitrogens with zero attached hydrogens (tertiary/aromatic N) is 2. The van der Waals surface area contributed by atoms with Gasteiger partial charge in [0.25, 0.3) is 11.5 Å². The largest absolute Gasteiger partial charge is 0.452 e. The van der Waals surface area contributed by atoms with Crippen molar-refractivity contribution >= 4 is 23.6 Å². The maximum Gasteiger partial charge on any atom is 0.331 e. The number of ether oxygens (including phenoxy) is 1. The summed E-state index contributed by atoms with van der Waals surface area (Å²) >= 11 is 0. The molecule has 1 N–H and O–H groups in total. The van der Waals surface area contributed by atoms with Gasteiger partial charge in [0.05, 0.1) is 11.4 Å². The number of carbonyl (C=O) groups excluding carboxylic acids is 2. The van der Waals surface area contributed by atoms with Crippen LogP contribution in [0.15, 0.2) is 65.5 Å². The van der Waals surface area contributed by atoms with Crippen LogP contribution < -0.4 is 10.9 Å². The van der Waals surface area contributed by atoms with Crippen LogP contribution in [0.2, 0.25) is 0 Å². The van der Waals surface area contributed by atoms with E-state index in [0.29, 0.717) is 11.4 Å². The Kier molecular flexibility index (Phi) is 6.26. The van der Waals surface area contributed by atoms with Gasteiger partial charge in [-0.3, -0.25) is 14.3 Å². The lowest BCUT2D eigenvalue weighted by Gasteiger charge is -2.07. The average molecular weight is 409 g/mol. The molecule has 0 spiro atoms. The van der Waals surface area contributed by atoms with E-state index in [1.807, 2.05) is 6.07 Å². The molecule has 0 unspecified atom stereocenters. The van der Waals surface area contributed by atoms with E-state index in [-0.39, 0.29) is 11.3 Å². The summed E-state index contributed by atoms with van der Waals surface area (Å²) in [7, 11) is 1.70.